The maximum atomic E-state index is 12.3. The van der Waals surface area contributed by atoms with Crippen molar-refractivity contribution in [2.75, 3.05) is 6.79 Å². The Labute approximate surface area is 170 Å². The molecule has 3 aromatic rings. The molecule has 1 aromatic heterocycles. The smallest absolute Gasteiger partial charge is 0.231 e. The van der Waals surface area contributed by atoms with Crippen LogP contribution >= 0.6 is 0 Å². The molecule has 0 aliphatic carbocycles. The van der Waals surface area contributed by atoms with Crippen molar-refractivity contribution in [1.82, 2.24) is 15.1 Å². The fourth-order valence-electron chi connectivity index (χ4n) is 3.29. The predicted molar refractivity (Wildman–Crippen MR) is 111 cm³/mol. The number of benzene rings is 2. The fourth-order valence-corrected chi connectivity index (χ4v) is 3.29. The maximum absolute atomic E-state index is 12.3. The second-order valence-electron chi connectivity index (χ2n) is 7.23. The molecule has 0 fully saturated rings. The van der Waals surface area contributed by atoms with Crippen LogP contribution in [0.1, 0.15) is 32.3 Å². The Kier molecular flexibility index (Phi) is 5.51. The summed E-state index contributed by atoms with van der Waals surface area (Å²) in [6, 6.07) is 16.0. The largest absolute Gasteiger partial charge is 0.454 e. The third-order valence-corrected chi connectivity index (χ3v) is 5.10. The van der Waals surface area contributed by atoms with E-state index in [1.807, 2.05) is 66.3 Å². The first-order valence-electron chi connectivity index (χ1n) is 9.97. The zero-order chi connectivity index (χ0) is 20.2. The highest BCUT2D eigenvalue weighted by Gasteiger charge is 2.18. The number of hydrogen-bond donors (Lipinski definition) is 1. The van der Waals surface area contributed by atoms with E-state index < -0.39 is 0 Å². The van der Waals surface area contributed by atoms with E-state index in [-0.39, 0.29) is 18.7 Å². The van der Waals surface area contributed by atoms with Crippen LogP contribution in [0.4, 0.5) is 0 Å². The number of nitrogens with zero attached hydrogens (tertiary/aromatic N) is 2. The predicted octanol–water partition coefficient (Wildman–Crippen LogP) is 4.12. The molecule has 1 aliphatic rings. The average Bonchev–Trinajstić information content (AvgIpc) is 3.39. The van der Waals surface area contributed by atoms with Crippen LogP contribution in [0.15, 0.2) is 54.7 Å². The molecule has 1 amide bonds. The molecule has 4 rings (SSSR count). The van der Waals surface area contributed by atoms with Gasteiger partial charge in [-0.1, -0.05) is 25.1 Å². The van der Waals surface area contributed by atoms with E-state index in [0.29, 0.717) is 12.8 Å². The van der Waals surface area contributed by atoms with E-state index in [1.54, 1.807) is 0 Å². The molecule has 6 nitrogen and oxygen atoms in total. The minimum Gasteiger partial charge on any atom is -0.454 e. The Balaban J connectivity index is 1.63. The standard InChI is InChI=1S/C23H25N3O3/c1-3-16(2)24-22(27)12-10-18-14-26(19-7-5-4-6-8-19)25-23(18)17-9-11-20-21(13-17)29-15-28-20/h4-9,11,13-14,16H,3,10,12,15H2,1-2H3,(H,24,27). The summed E-state index contributed by atoms with van der Waals surface area (Å²) < 4.78 is 12.8. The average molecular weight is 391 g/mol. The highest BCUT2D eigenvalue weighted by Crippen LogP contribution is 2.36. The van der Waals surface area contributed by atoms with Gasteiger partial charge < -0.3 is 14.8 Å². The zero-order valence-corrected chi connectivity index (χ0v) is 16.7. The third-order valence-electron chi connectivity index (χ3n) is 5.10. The highest BCUT2D eigenvalue weighted by molar-refractivity contribution is 5.77. The van der Waals surface area contributed by atoms with Crippen LogP contribution in [0, 0.1) is 0 Å². The fraction of sp³-hybridized carbons (Fsp3) is 0.304. The van der Waals surface area contributed by atoms with Gasteiger partial charge in [0.15, 0.2) is 11.5 Å². The summed E-state index contributed by atoms with van der Waals surface area (Å²) in [6.45, 7) is 4.32. The molecule has 0 spiro atoms. The molecule has 0 radical (unpaired) electrons. The van der Waals surface area contributed by atoms with Gasteiger partial charge in [0.05, 0.1) is 11.4 Å². The van der Waals surface area contributed by atoms with Crippen LogP contribution in [-0.4, -0.2) is 28.5 Å². The lowest BCUT2D eigenvalue weighted by atomic mass is 10.0. The van der Waals surface area contributed by atoms with E-state index >= 15 is 0 Å². The molecule has 2 aromatic carbocycles. The molecular weight excluding hydrogens is 366 g/mol. The summed E-state index contributed by atoms with van der Waals surface area (Å²) >= 11 is 0. The van der Waals surface area contributed by atoms with Gasteiger partial charge in [-0.25, -0.2) is 4.68 Å². The van der Waals surface area contributed by atoms with Gasteiger partial charge in [0, 0.05) is 24.2 Å². The van der Waals surface area contributed by atoms with Crippen molar-refractivity contribution < 1.29 is 14.3 Å². The van der Waals surface area contributed by atoms with Gasteiger partial charge in [0.1, 0.15) is 0 Å². The molecule has 1 N–H and O–H groups in total. The van der Waals surface area contributed by atoms with Crippen molar-refractivity contribution in [3.05, 3.63) is 60.3 Å². The normalized spacial score (nSPS) is 13.3. The molecular formula is C23H25N3O3. The highest BCUT2D eigenvalue weighted by atomic mass is 16.7. The topological polar surface area (TPSA) is 65.4 Å². The minimum absolute atomic E-state index is 0.0587. The number of aryl methyl sites for hydroxylation is 1. The zero-order valence-electron chi connectivity index (χ0n) is 16.7. The van der Waals surface area contributed by atoms with Crippen molar-refractivity contribution in [3.63, 3.8) is 0 Å². The molecule has 0 bridgehead atoms. The van der Waals surface area contributed by atoms with Crippen LogP contribution < -0.4 is 14.8 Å². The second kappa shape index (κ2) is 8.39. The van der Waals surface area contributed by atoms with Gasteiger partial charge in [0.25, 0.3) is 0 Å². The quantitative estimate of drug-likeness (QED) is 0.658. The van der Waals surface area contributed by atoms with Crippen molar-refractivity contribution in [2.24, 2.45) is 0 Å². The minimum atomic E-state index is 0.0587. The molecule has 1 atom stereocenters. The molecule has 150 valence electrons. The first-order valence-corrected chi connectivity index (χ1v) is 9.97. The van der Waals surface area contributed by atoms with Gasteiger partial charge in [-0.15, -0.1) is 0 Å². The Bertz CT molecular complexity index is 998. The number of aromatic nitrogens is 2. The van der Waals surface area contributed by atoms with E-state index in [0.717, 1.165) is 40.4 Å². The van der Waals surface area contributed by atoms with Crippen molar-refractivity contribution in [1.29, 1.82) is 0 Å². The number of carbonyl (C=O) groups is 1. The summed E-state index contributed by atoms with van der Waals surface area (Å²) in [5.41, 5.74) is 3.79. The van der Waals surface area contributed by atoms with E-state index in [1.165, 1.54) is 0 Å². The molecule has 1 aliphatic heterocycles. The van der Waals surface area contributed by atoms with E-state index in [4.69, 9.17) is 14.6 Å². The lowest BCUT2D eigenvalue weighted by Gasteiger charge is -2.11. The lowest BCUT2D eigenvalue weighted by molar-refractivity contribution is -0.121. The number of nitrogens with one attached hydrogen (secondary N) is 1. The second-order valence-corrected chi connectivity index (χ2v) is 7.23. The van der Waals surface area contributed by atoms with Crippen molar-refractivity contribution in [2.45, 2.75) is 39.2 Å². The van der Waals surface area contributed by atoms with Crippen molar-refractivity contribution in [3.8, 4) is 28.4 Å². The molecule has 29 heavy (non-hydrogen) atoms. The number of para-hydroxylation sites is 1. The number of rotatable bonds is 7. The summed E-state index contributed by atoms with van der Waals surface area (Å²) in [4.78, 5) is 12.3. The van der Waals surface area contributed by atoms with E-state index in [2.05, 4.69) is 12.2 Å². The molecule has 6 heteroatoms. The first-order chi connectivity index (χ1) is 14.1. The van der Waals surface area contributed by atoms with Crippen LogP contribution in [0.5, 0.6) is 11.5 Å². The summed E-state index contributed by atoms with van der Waals surface area (Å²) in [5, 5.41) is 7.85. The number of ether oxygens (including phenoxy) is 2. The van der Waals surface area contributed by atoms with Gasteiger partial charge in [0.2, 0.25) is 12.7 Å². The monoisotopic (exact) mass is 391 g/mol. The van der Waals surface area contributed by atoms with Gasteiger partial charge in [-0.2, -0.15) is 5.10 Å². The molecule has 0 saturated heterocycles. The van der Waals surface area contributed by atoms with Crippen LogP contribution in [0.2, 0.25) is 0 Å². The first kappa shape index (κ1) is 19.1. The molecule has 1 unspecified atom stereocenters. The Morgan fingerprint density at radius 3 is 2.76 bits per heavy atom. The van der Waals surface area contributed by atoms with Crippen LogP contribution in [-0.2, 0) is 11.2 Å². The maximum Gasteiger partial charge on any atom is 0.231 e. The van der Waals surface area contributed by atoms with Crippen molar-refractivity contribution >= 4 is 5.91 Å². The Morgan fingerprint density at radius 2 is 1.97 bits per heavy atom. The third kappa shape index (κ3) is 4.26. The Hall–Kier alpha value is -3.28. The van der Waals surface area contributed by atoms with Crippen LogP contribution in [0.25, 0.3) is 16.9 Å². The molecule has 2 heterocycles. The Morgan fingerprint density at radius 1 is 1.17 bits per heavy atom. The van der Waals surface area contributed by atoms with Gasteiger partial charge in [-0.3, -0.25) is 4.79 Å². The number of amides is 1. The number of fused-ring (bicyclic) bond motifs is 1. The van der Waals surface area contributed by atoms with Gasteiger partial charge >= 0.3 is 0 Å². The lowest BCUT2D eigenvalue weighted by Crippen LogP contribution is -2.32. The number of hydrogen-bond acceptors (Lipinski definition) is 4. The molecule has 0 saturated carbocycles. The number of carbonyl (C=O) groups excluding carboxylic acids is 1. The van der Waals surface area contributed by atoms with Crippen LogP contribution in [0.3, 0.4) is 0 Å². The summed E-state index contributed by atoms with van der Waals surface area (Å²) in [6.07, 6.45) is 3.95. The van der Waals surface area contributed by atoms with Gasteiger partial charge in [-0.05, 0) is 55.7 Å². The summed E-state index contributed by atoms with van der Waals surface area (Å²) in [7, 11) is 0. The van der Waals surface area contributed by atoms with E-state index in [9.17, 15) is 4.79 Å². The SMILES string of the molecule is CCC(C)NC(=O)CCc1cn(-c2ccccc2)nc1-c1ccc2c(c1)OCO2. The summed E-state index contributed by atoms with van der Waals surface area (Å²) in [5.74, 6) is 1.52.